The van der Waals surface area contributed by atoms with E-state index in [4.69, 9.17) is 4.42 Å². The van der Waals surface area contributed by atoms with E-state index in [0.29, 0.717) is 12.4 Å². The molecule has 0 saturated carbocycles. The van der Waals surface area contributed by atoms with Crippen LogP contribution in [0.2, 0.25) is 0 Å². The lowest BCUT2D eigenvalue weighted by Gasteiger charge is -2.27. The average Bonchev–Trinajstić information content (AvgIpc) is 3.21. The quantitative estimate of drug-likeness (QED) is 0.810. The first kappa shape index (κ1) is 17.7. The molecule has 25 heavy (non-hydrogen) atoms. The van der Waals surface area contributed by atoms with Gasteiger partial charge in [0.2, 0.25) is 11.8 Å². The van der Waals surface area contributed by atoms with Gasteiger partial charge in [-0.1, -0.05) is 36.8 Å². The monoisotopic (exact) mass is 341 g/mol. The van der Waals surface area contributed by atoms with Crippen molar-refractivity contribution in [3.63, 3.8) is 0 Å². The van der Waals surface area contributed by atoms with Crippen molar-refractivity contribution in [2.24, 2.45) is 0 Å². The molecular weight excluding hydrogens is 314 g/mol. The molecule has 2 aromatic rings. The van der Waals surface area contributed by atoms with Gasteiger partial charge in [-0.2, -0.15) is 0 Å². The zero-order valence-electron chi connectivity index (χ0n) is 15.4. The van der Waals surface area contributed by atoms with Gasteiger partial charge in [-0.25, -0.2) is 4.98 Å². The second-order valence-electron chi connectivity index (χ2n) is 6.89. The SMILES string of the molecule is CCc1cnc(CN(C(C)=O)C2CCN(Cc3cccc(C)c3)C2)o1. The fourth-order valence-electron chi connectivity index (χ4n) is 3.51. The van der Waals surface area contributed by atoms with Crippen molar-refractivity contribution >= 4 is 5.91 Å². The second-order valence-corrected chi connectivity index (χ2v) is 6.89. The Kier molecular flexibility index (Phi) is 5.53. The molecule has 0 aliphatic carbocycles. The number of carbonyl (C=O) groups excluding carboxylic acids is 1. The van der Waals surface area contributed by atoms with Gasteiger partial charge in [0.15, 0.2) is 0 Å². The molecule has 0 bridgehead atoms. The fraction of sp³-hybridized carbons (Fsp3) is 0.500. The minimum atomic E-state index is 0.0821. The summed E-state index contributed by atoms with van der Waals surface area (Å²) in [6, 6.07) is 8.85. The highest BCUT2D eigenvalue weighted by atomic mass is 16.4. The first-order chi connectivity index (χ1) is 12.0. The number of rotatable bonds is 6. The van der Waals surface area contributed by atoms with Crippen molar-refractivity contribution in [1.82, 2.24) is 14.8 Å². The number of aromatic nitrogens is 1. The smallest absolute Gasteiger partial charge is 0.220 e. The number of hydrogen-bond acceptors (Lipinski definition) is 4. The van der Waals surface area contributed by atoms with E-state index in [2.05, 4.69) is 41.1 Å². The Hall–Kier alpha value is -2.14. The van der Waals surface area contributed by atoms with E-state index < -0.39 is 0 Å². The average molecular weight is 341 g/mol. The highest BCUT2D eigenvalue weighted by Gasteiger charge is 2.30. The summed E-state index contributed by atoms with van der Waals surface area (Å²) in [7, 11) is 0. The second kappa shape index (κ2) is 7.83. The van der Waals surface area contributed by atoms with Crippen LogP contribution in [-0.4, -0.2) is 39.8 Å². The Morgan fingerprint density at radius 2 is 2.28 bits per heavy atom. The number of amides is 1. The van der Waals surface area contributed by atoms with Crippen LogP contribution < -0.4 is 0 Å². The minimum absolute atomic E-state index is 0.0821. The number of likely N-dealkylation sites (tertiary alicyclic amines) is 1. The Bertz CT molecular complexity index is 725. The fourth-order valence-corrected chi connectivity index (χ4v) is 3.51. The first-order valence-corrected chi connectivity index (χ1v) is 9.04. The molecular formula is C20H27N3O2. The van der Waals surface area contributed by atoms with Gasteiger partial charge in [0, 0.05) is 39.0 Å². The van der Waals surface area contributed by atoms with Gasteiger partial charge in [0.25, 0.3) is 0 Å². The highest BCUT2D eigenvalue weighted by Crippen LogP contribution is 2.21. The van der Waals surface area contributed by atoms with Crippen LogP contribution in [0.4, 0.5) is 0 Å². The van der Waals surface area contributed by atoms with Gasteiger partial charge < -0.3 is 9.32 Å². The van der Waals surface area contributed by atoms with E-state index in [-0.39, 0.29) is 11.9 Å². The van der Waals surface area contributed by atoms with Crippen LogP contribution in [0.5, 0.6) is 0 Å². The maximum Gasteiger partial charge on any atom is 0.220 e. The molecule has 1 amide bonds. The zero-order chi connectivity index (χ0) is 17.8. The molecule has 1 atom stereocenters. The zero-order valence-corrected chi connectivity index (χ0v) is 15.4. The molecule has 2 heterocycles. The predicted octanol–water partition coefficient (Wildman–Crippen LogP) is 3.17. The standard InChI is InChI=1S/C20H27N3O2/c1-4-19-11-21-20(25-19)14-23(16(3)24)18-8-9-22(13-18)12-17-7-5-6-15(2)10-17/h5-7,10-11,18H,4,8-9,12-14H2,1-3H3. The predicted molar refractivity (Wildman–Crippen MR) is 97.0 cm³/mol. The van der Waals surface area contributed by atoms with Crippen molar-refractivity contribution in [2.45, 2.75) is 52.7 Å². The summed E-state index contributed by atoms with van der Waals surface area (Å²) in [6.45, 7) is 9.08. The largest absolute Gasteiger partial charge is 0.444 e. The summed E-state index contributed by atoms with van der Waals surface area (Å²) in [6.07, 6.45) is 3.57. The molecule has 1 fully saturated rings. The van der Waals surface area contributed by atoms with Gasteiger partial charge >= 0.3 is 0 Å². The maximum atomic E-state index is 12.2. The van der Waals surface area contributed by atoms with Crippen molar-refractivity contribution in [3.05, 3.63) is 53.2 Å². The van der Waals surface area contributed by atoms with Crippen molar-refractivity contribution in [1.29, 1.82) is 0 Å². The molecule has 1 saturated heterocycles. The van der Waals surface area contributed by atoms with Crippen LogP contribution in [0, 0.1) is 6.92 Å². The van der Waals surface area contributed by atoms with Gasteiger partial charge in [0.05, 0.1) is 12.7 Å². The lowest BCUT2D eigenvalue weighted by molar-refractivity contribution is -0.132. The Morgan fingerprint density at radius 1 is 1.44 bits per heavy atom. The Labute approximate surface area is 149 Å². The van der Waals surface area contributed by atoms with Crippen molar-refractivity contribution in [3.8, 4) is 0 Å². The van der Waals surface area contributed by atoms with E-state index >= 15 is 0 Å². The number of nitrogens with zero attached hydrogens (tertiary/aromatic N) is 3. The van der Waals surface area contributed by atoms with Crippen LogP contribution in [0.3, 0.4) is 0 Å². The third-order valence-electron chi connectivity index (χ3n) is 4.84. The summed E-state index contributed by atoms with van der Waals surface area (Å²) < 4.78 is 5.69. The molecule has 5 heteroatoms. The number of benzene rings is 1. The Morgan fingerprint density at radius 3 is 2.96 bits per heavy atom. The maximum absolute atomic E-state index is 12.2. The van der Waals surface area contributed by atoms with Crippen LogP contribution in [-0.2, 0) is 24.3 Å². The third-order valence-corrected chi connectivity index (χ3v) is 4.84. The number of aryl methyl sites for hydroxylation is 2. The normalized spacial score (nSPS) is 17.8. The summed E-state index contributed by atoms with van der Waals surface area (Å²) in [5, 5.41) is 0. The van der Waals surface area contributed by atoms with Gasteiger partial charge in [-0.05, 0) is 18.9 Å². The molecule has 1 aliphatic heterocycles. The summed E-state index contributed by atoms with van der Waals surface area (Å²) in [5.74, 6) is 1.58. The van der Waals surface area contributed by atoms with E-state index in [1.165, 1.54) is 11.1 Å². The van der Waals surface area contributed by atoms with E-state index in [9.17, 15) is 4.79 Å². The van der Waals surface area contributed by atoms with Gasteiger partial charge in [0.1, 0.15) is 5.76 Å². The molecule has 5 nitrogen and oxygen atoms in total. The topological polar surface area (TPSA) is 49.6 Å². The van der Waals surface area contributed by atoms with Gasteiger partial charge in [-0.3, -0.25) is 9.69 Å². The van der Waals surface area contributed by atoms with E-state index in [0.717, 1.165) is 38.2 Å². The first-order valence-electron chi connectivity index (χ1n) is 9.04. The Balaban J connectivity index is 1.62. The van der Waals surface area contributed by atoms with Crippen LogP contribution in [0.15, 0.2) is 34.9 Å². The lowest BCUT2D eigenvalue weighted by Crippen LogP contribution is -2.40. The number of hydrogen-bond donors (Lipinski definition) is 0. The van der Waals surface area contributed by atoms with Crippen molar-refractivity contribution in [2.75, 3.05) is 13.1 Å². The molecule has 1 aromatic carbocycles. The molecule has 0 N–H and O–H groups in total. The van der Waals surface area contributed by atoms with Crippen LogP contribution in [0.1, 0.15) is 43.0 Å². The van der Waals surface area contributed by atoms with Crippen molar-refractivity contribution < 1.29 is 9.21 Å². The van der Waals surface area contributed by atoms with E-state index in [1.807, 2.05) is 11.8 Å². The number of oxazole rings is 1. The number of carbonyl (C=O) groups is 1. The minimum Gasteiger partial charge on any atom is -0.444 e. The van der Waals surface area contributed by atoms with Gasteiger partial charge in [-0.15, -0.1) is 0 Å². The molecule has 134 valence electrons. The lowest BCUT2D eigenvalue weighted by atomic mass is 10.1. The third kappa shape index (κ3) is 4.48. The molecule has 0 spiro atoms. The molecule has 1 aliphatic rings. The molecule has 1 unspecified atom stereocenters. The highest BCUT2D eigenvalue weighted by molar-refractivity contribution is 5.73. The summed E-state index contributed by atoms with van der Waals surface area (Å²) >= 11 is 0. The van der Waals surface area contributed by atoms with Crippen LogP contribution >= 0.6 is 0 Å². The molecule has 3 rings (SSSR count). The summed E-state index contributed by atoms with van der Waals surface area (Å²) in [5.41, 5.74) is 2.62. The van der Waals surface area contributed by atoms with E-state index in [1.54, 1.807) is 13.1 Å². The molecule has 0 radical (unpaired) electrons. The summed E-state index contributed by atoms with van der Waals surface area (Å²) in [4.78, 5) is 20.8. The molecule has 1 aromatic heterocycles. The van der Waals surface area contributed by atoms with Crippen LogP contribution in [0.25, 0.3) is 0 Å².